The van der Waals surface area contributed by atoms with Crippen molar-refractivity contribution in [1.82, 2.24) is 15.3 Å². The monoisotopic (exact) mass is 481 g/mol. The Kier molecular flexibility index (Phi) is 7.55. The molecule has 0 saturated heterocycles. The van der Waals surface area contributed by atoms with Gasteiger partial charge < -0.3 is 16.0 Å². The summed E-state index contributed by atoms with van der Waals surface area (Å²) in [5.74, 6) is 1.15. The normalized spacial score (nSPS) is 10.3. The standard InChI is InChI=1S/C28H23N5O.ClH/c34-27(21-9-3-1-4-10-21)29-19-20-15-17-23(18-16-20)31-28-32-25-14-8-7-13-24(25)26(33-28)30-22-11-5-2-6-12-22;/h1-18H,19H2,(H,29,34)(H2,30,31,32,33);1H. The molecule has 1 heterocycles. The largest absolute Gasteiger partial charge is 0.348 e. The van der Waals surface area contributed by atoms with Crippen molar-refractivity contribution in [3.05, 3.63) is 120 Å². The van der Waals surface area contributed by atoms with Crippen LogP contribution in [-0.2, 0) is 6.54 Å². The van der Waals surface area contributed by atoms with E-state index in [1.165, 1.54) is 0 Å². The zero-order chi connectivity index (χ0) is 23.2. The van der Waals surface area contributed by atoms with Crippen LogP contribution in [0.1, 0.15) is 15.9 Å². The van der Waals surface area contributed by atoms with Crippen molar-refractivity contribution in [2.75, 3.05) is 10.6 Å². The average molecular weight is 482 g/mol. The molecule has 0 spiro atoms. The molecule has 174 valence electrons. The third kappa shape index (κ3) is 5.93. The zero-order valence-corrected chi connectivity index (χ0v) is 19.6. The topological polar surface area (TPSA) is 78.9 Å². The van der Waals surface area contributed by atoms with Gasteiger partial charge in [-0.15, -0.1) is 12.4 Å². The first-order valence-corrected chi connectivity index (χ1v) is 11.0. The van der Waals surface area contributed by atoms with E-state index in [1.807, 2.05) is 97.1 Å². The minimum atomic E-state index is -0.0918. The number of aromatic nitrogens is 2. The van der Waals surface area contributed by atoms with E-state index in [2.05, 4.69) is 20.9 Å². The van der Waals surface area contributed by atoms with E-state index in [1.54, 1.807) is 12.1 Å². The van der Waals surface area contributed by atoms with E-state index in [0.29, 0.717) is 18.1 Å². The van der Waals surface area contributed by atoms with Gasteiger partial charge in [-0.2, -0.15) is 4.98 Å². The lowest BCUT2D eigenvalue weighted by molar-refractivity contribution is 0.0951. The molecule has 1 amide bonds. The second-order valence-electron chi connectivity index (χ2n) is 7.77. The molecule has 0 atom stereocenters. The van der Waals surface area contributed by atoms with Crippen molar-refractivity contribution < 1.29 is 4.79 Å². The van der Waals surface area contributed by atoms with Gasteiger partial charge in [-0.1, -0.05) is 60.7 Å². The number of anilines is 4. The summed E-state index contributed by atoms with van der Waals surface area (Å²) in [6, 6.07) is 34.9. The molecule has 0 aliphatic carbocycles. The molecule has 0 aliphatic heterocycles. The first-order valence-electron chi connectivity index (χ1n) is 11.0. The third-order valence-corrected chi connectivity index (χ3v) is 5.34. The van der Waals surface area contributed by atoms with Gasteiger partial charge in [-0.3, -0.25) is 4.79 Å². The van der Waals surface area contributed by atoms with Crippen LogP contribution in [-0.4, -0.2) is 15.9 Å². The predicted octanol–water partition coefficient (Wildman–Crippen LogP) is 6.47. The molecule has 0 bridgehead atoms. The number of nitrogens with one attached hydrogen (secondary N) is 3. The SMILES string of the molecule is Cl.O=C(NCc1ccc(Nc2nc(Nc3ccccc3)c3ccccc3n2)cc1)c1ccccc1. The second-order valence-corrected chi connectivity index (χ2v) is 7.77. The number of carbonyl (C=O) groups excluding carboxylic acids is 1. The first kappa shape index (κ1) is 23.7. The number of rotatable bonds is 7. The maximum atomic E-state index is 12.3. The van der Waals surface area contributed by atoms with Crippen molar-refractivity contribution in [1.29, 1.82) is 0 Å². The maximum Gasteiger partial charge on any atom is 0.251 e. The number of carbonyl (C=O) groups is 1. The quantitative estimate of drug-likeness (QED) is 0.248. The van der Waals surface area contributed by atoms with Gasteiger partial charge in [0.25, 0.3) is 5.91 Å². The third-order valence-electron chi connectivity index (χ3n) is 5.34. The highest BCUT2D eigenvalue weighted by molar-refractivity contribution is 5.94. The summed E-state index contributed by atoms with van der Waals surface area (Å²) in [6.07, 6.45) is 0. The molecule has 0 radical (unpaired) electrons. The van der Waals surface area contributed by atoms with E-state index in [0.717, 1.165) is 33.7 Å². The fraction of sp³-hybridized carbons (Fsp3) is 0.0357. The first-order chi connectivity index (χ1) is 16.7. The molecule has 7 heteroatoms. The molecule has 6 nitrogen and oxygen atoms in total. The van der Waals surface area contributed by atoms with Gasteiger partial charge in [0.05, 0.1) is 5.52 Å². The highest BCUT2D eigenvalue weighted by Crippen LogP contribution is 2.26. The van der Waals surface area contributed by atoms with E-state index in [4.69, 9.17) is 4.98 Å². The molecular formula is C28H24ClN5O. The van der Waals surface area contributed by atoms with Gasteiger partial charge in [-0.25, -0.2) is 4.98 Å². The van der Waals surface area contributed by atoms with Crippen molar-refractivity contribution in [2.45, 2.75) is 6.54 Å². The number of halogens is 1. The van der Waals surface area contributed by atoms with Crippen LogP contribution in [0, 0.1) is 0 Å². The molecular weight excluding hydrogens is 458 g/mol. The number of nitrogens with zero attached hydrogens (tertiary/aromatic N) is 2. The number of fused-ring (bicyclic) bond motifs is 1. The number of para-hydroxylation sites is 2. The smallest absolute Gasteiger partial charge is 0.251 e. The molecule has 0 unspecified atom stereocenters. The summed E-state index contributed by atoms with van der Waals surface area (Å²) in [5, 5.41) is 10.6. The van der Waals surface area contributed by atoms with Gasteiger partial charge in [0.1, 0.15) is 5.82 Å². The highest BCUT2D eigenvalue weighted by Gasteiger charge is 2.09. The van der Waals surface area contributed by atoms with Crippen LogP contribution in [0.3, 0.4) is 0 Å². The maximum absolute atomic E-state index is 12.3. The Hall–Kier alpha value is -4.42. The molecule has 4 aromatic carbocycles. The Morgan fingerprint density at radius 2 is 1.29 bits per heavy atom. The Labute approximate surface area is 209 Å². The van der Waals surface area contributed by atoms with Crippen molar-refractivity contribution in [3.8, 4) is 0 Å². The number of hydrogen-bond donors (Lipinski definition) is 3. The highest BCUT2D eigenvalue weighted by atomic mass is 35.5. The van der Waals surface area contributed by atoms with E-state index >= 15 is 0 Å². The van der Waals surface area contributed by atoms with Gasteiger partial charge in [0.2, 0.25) is 5.95 Å². The summed E-state index contributed by atoms with van der Waals surface area (Å²) >= 11 is 0. The minimum Gasteiger partial charge on any atom is -0.348 e. The van der Waals surface area contributed by atoms with E-state index < -0.39 is 0 Å². The van der Waals surface area contributed by atoms with Gasteiger partial charge in [-0.05, 0) is 54.1 Å². The fourth-order valence-electron chi connectivity index (χ4n) is 3.59. The molecule has 0 saturated carbocycles. The summed E-state index contributed by atoms with van der Waals surface area (Å²) in [5.41, 5.74) is 4.31. The lowest BCUT2D eigenvalue weighted by atomic mass is 10.2. The minimum absolute atomic E-state index is 0. The van der Waals surface area contributed by atoms with Crippen LogP contribution in [0.4, 0.5) is 23.1 Å². The summed E-state index contributed by atoms with van der Waals surface area (Å²) in [7, 11) is 0. The van der Waals surface area contributed by atoms with Crippen molar-refractivity contribution in [3.63, 3.8) is 0 Å². The van der Waals surface area contributed by atoms with Crippen molar-refractivity contribution in [2.24, 2.45) is 0 Å². The number of benzene rings is 4. The van der Waals surface area contributed by atoms with Crippen LogP contribution in [0.2, 0.25) is 0 Å². The summed E-state index contributed by atoms with van der Waals surface area (Å²) < 4.78 is 0. The van der Waals surface area contributed by atoms with Crippen LogP contribution in [0.5, 0.6) is 0 Å². The lowest BCUT2D eigenvalue weighted by Gasteiger charge is -2.12. The second kappa shape index (κ2) is 11.1. The fourth-order valence-corrected chi connectivity index (χ4v) is 3.59. The molecule has 3 N–H and O–H groups in total. The molecule has 35 heavy (non-hydrogen) atoms. The lowest BCUT2D eigenvalue weighted by Crippen LogP contribution is -2.22. The van der Waals surface area contributed by atoms with Gasteiger partial charge in [0, 0.05) is 28.9 Å². The van der Waals surface area contributed by atoms with E-state index in [-0.39, 0.29) is 18.3 Å². The Bertz CT molecular complexity index is 1410. The molecule has 5 aromatic rings. The molecule has 5 rings (SSSR count). The van der Waals surface area contributed by atoms with Gasteiger partial charge in [0.15, 0.2) is 0 Å². The Morgan fingerprint density at radius 3 is 2.03 bits per heavy atom. The average Bonchev–Trinajstić information content (AvgIpc) is 2.89. The Morgan fingerprint density at radius 1 is 0.657 bits per heavy atom. The summed E-state index contributed by atoms with van der Waals surface area (Å²) in [4.78, 5) is 21.6. The summed E-state index contributed by atoms with van der Waals surface area (Å²) in [6.45, 7) is 0.450. The van der Waals surface area contributed by atoms with Gasteiger partial charge >= 0.3 is 0 Å². The van der Waals surface area contributed by atoms with Crippen LogP contribution in [0.25, 0.3) is 10.9 Å². The van der Waals surface area contributed by atoms with Crippen LogP contribution in [0.15, 0.2) is 109 Å². The Balaban J connectivity index is 0.00000289. The molecule has 0 aliphatic rings. The van der Waals surface area contributed by atoms with Crippen molar-refractivity contribution >= 4 is 52.4 Å². The van der Waals surface area contributed by atoms with Crippen LogP contribution >= 0.6 is 12.4 Å². The molecule has 0 fully saturated rings. The number of amides is 1. The zero-order valence-electron chi connectivity index (χ0n) is 18.8. The molecule has 1 aromatic heterocycles. The predicted molar refractivity (Wildman–Crippen MR) is 144 cm³/mol. The number of hydrogen-bond acceptors (Lipinski definition) is 5. The van der Waals surface area contributed by atoms with E-state index in [9.17, 15) is 4.79 Å². The van der Waals surface area contributed by atoms with Crippen LogP contribution < -0.4 is 16.0 Å².